The Morgan fingerprint density at radius 3 is 2.32 bits per heavy atom. The largest absolute Gasteiger partial charge is 0.277 e. The van der Waals surface area contributed by atoms with Gasteiger partial charge in [-0.2, -0.15) is 0 Å². The fourth-order valence-electron chi connectivity index (χ4n) is 2.12. The Hall–Kier alpha value is -1.88. The zero-order valence-electron chi connectivity index (χ0n) is 12.9. The number of nitrogens with one attached hydrogen (secondary N) is 1. The molecule has 2 rings (SSSR count). The average Bonchev–Trinajstić information content (AvgIpc) is 2.49. The first kappa shape index (κ1) is 16.5. The van der Waals surface area contributed by atoms with E-state index < -0.39 is 15.8 Å². The molecule has 0 aliphatic heterocycles. The summed E-state index contributed by atoms with van der Waals surface area (Å²) in [7, 11) is -3.79. The smallest absolute Gasteiger partial charge is 0.261 e. The quantitative estimate of drug-likeness (QED) is 0.884. The Kier molecular flexibility index (Phi) is 4.86. The zero-order chi connectivity index (χ0) is 16.3. The van der Waals surface area contributed by atoms with Gasteiger partial charge in [0.15, 0.2) is 0 Å². The van der Waals surface area contributed by atoms with Gasteiger partial charge in [-0.05, 0) is 54.7 Å². The molecule has 0 saturated carbocycles. The fourth-order valence-corrected chi connectivity index (χ4v) is 3.19. The van der Waals surface area contributed by atoms with Crippen LogP contribution in [0.2, 0.25) is 0 Å². The number of halogens is 1. The standard InChI is InChI=1S/C17H20FNO2S/c1-4-13(3)14-6-8-15(9-7-14)22(20,21)19-17-10-5-12(2)11-16(17)18/h5-11,13,19H,4H2,1-3H3. The molecule has 22 heavy (non-hydrogen) atoms. The normalized spacial score (nSPS) is 12.9. The molecule has 2 aromatic carbocycles. The minimum atomic E-state index is -3.79. The van der Waals surface area contributed by atoms with Crippen molar-refractivity contribution in [3.8, 4) is 0 Å². The van der Waals surface area contributed by atoms with Gasteiger partial charge in [0.25, 0.3) is 10.0 Å². The van der Waals surface area contributed by atoms with E-state index in [0.717, 1.165) is 17.5 Å². The van der Waals surface area contributed by atoms with Crippen LogP contribution < -0.4 is 4.72 Å². The summed E-state index contributed by atoms with van der Waals surface area (Å²) >= 11 is 0. The van der Waals surface area contributed by atoms with Crippen molar-refractivity contribution in [2.24, 2.45) is 0 Å². The van der Waals surface area contributed by atoms with Crippen LogP contribution in [-0.4, -0.2) is 8.42 Å². The first-order valence-electron chi connectivity index (χ1n) is 7.22. The highest BCUT2D eigenvalue weighted by Crippen LogP contribution is 2.23. The maximum atomic E-state index is 13.8. The fraction of sp³-hybridized carbons (Fsp3) is 0.294. The molecule has 1 atom stereocenters. The number of anilines is 1. The van der Waals surface area contributed by atoms with Crippen LogP contribution in [0, 0.1) is 12.7 Å². The zero-order valence-corrected chi connectivity index (χ0v) is 13.7. The average molecular weight is 321 g/mol. The van der Waals surface area contributed by atoms with Gasteiger partial charge in [0.05, 0.1) is 10.6 Å². The summed E-state index contributed by atoms with van der Waals surface area (Å²) in [6.07, 6.45) is 0.985. The van der Waals surface area contributed by atoms with E-state index in [1.54, 1.807) is 37.3 Å². The molecule has 0 aromatic heterocycles. The molecule has 1 unspecified atom stereocenters. The second-order valence-electron chi connectivity index (χ2n) is 5.47. The molecule has 0 heterocycles. The summed E-state index contributed by atoms with van der Waals surface area (Å²) in [4.78, 5) is 0.125. The topological polar surface area (TPSA) is 46.2 Å². The van der Waals surface area contributed by atoms with Crippen LogP contribution in [0.15, 0.2) is 47.4 Å². The van der Waals surface area contributed by atoms with Crippen LogP contribution in [0.3, 0.4) is 0 Å². The number of aryl methyl sites for hydroxylation is 1. The molecule has 0 fully saturated rings. The van der Waals surface area contributed by atoms with Gasteiger partial charge < -0.3 is 0 Å². The van der Waals surface area contributed by atoms with E-state index in [9.17, 15) is 12.8 Å². The molecule has 0 amide bonds. The van der Waals surface area contributed by atoms with E-state index in [0.29, 0.717) is 5.92 Å². The van der Waals surface area contributed by atoms with Gasteiger partial charge >= 0.3 is 0 Å². The molecule has 0 radical (unpaired) electrons. The van der Waals surface area contributed by atoms with Crippen LogP contribution in [0.5, 0.6) is 0 Å². The Bertz CT molecular complexity index is 755. The highest BCUT2D eigenvalue weighted by atomic mass is 32.2. The van der Waals surface area contributed by atoms with Crippen molar-refractivity contribution in [3.63, 3.8) is 0 Å². The lowest BCUT2D eigenvalue weighted by molar-refractivity contribution is 0.598. The van der Waals surface area contributed by atoms with Gasteiger partial charge in [-0.15, -0.1) is 0 Å². The Morgan fingerprint density at radius 2 is 1.77 bits per heavy atom. The first-order valence-corrected chi connectivity index (χ1v) is 8.70. The van der Waals surface area contributed by atoms with Crippen molar-refractivity contribution in [2.45, 2.75) is 38.0 Å². The Morgan fingerprint density at radius 1 is 1.14 bits per heavy atom. The predicted octanol–water partition coefficient (Wildman–Crippen LogP) is 4.45. The molecule has 0 saturated heterocycles. The SMILES string of the molecule is CCC(C)c1ccc(S(=O)(=O)Nc2ccc(C)cc2F)cc1. The lowest BCUT2D eigenvalue weighted by Gasteiger charge is -2.12. The molecule has 0 bridgehead atoms. The molecule has 2 aromatic rings. The van der Waals surface area contributed by atoms with Gasteiger partial charge in [-0.1, -0.05) is 32.0 Å². The van der Waals surface area contributed by atoms with Crippen LogP contribution >= 0.6 is 0 Å². The molecule has 3 nitrogen and oxygen atoms in total. The highest BCUT2D eigenvalue weighted by molar-refractivity contribution is 7.92. The summed E-state index contributed by atoms with van der Waals surface area (Å²) < 4.78 is 40.7. The van der Waals surface area contributed by atoms with Crippen molar-refractivity contribution in [1.29, 1.82) is 0 Å². The molecule has 0 aliphatic carbocycles. The highest BCUT2D eigenvalue weighted by Gasteiger charge is 2.16. The predicted molar refractivity (Wildman–Crippen MR) is 87.1 cm³/mol. The monoisotopic (exact) mass is 321 g/mol. The summed E-state index contributed by atoms with van der Waals surface area (Å²) in [5.41, 5.74) is 1.78. The third-order valence-corrected chi connectivity index (χ3v) is 5.12. The number of sulfonamides is 1. The van der Waals surface area contributed by atoms with E-state index in [1.165, 1.54) is 12.1 Å². The van der Waals surface area contributed by atoms with Gasteiger partial charge in [-0.3, -0.25) is 4.72 Å². The lowest BCUT2D eigenvalue weighted by Crippen LogP contribution is -2.14. The van der Waals surface area contributed by atoms with Gasteiger partial charge in [0, 0.05) is 0 Å². The van der Waals surface area contributed by atoms with Crippen LogP contribution in [0.25, 0.3) is 0 Å². The molecule has 5 heteroatoms. The van der Waals surface area contributed by atoms with Crippen molar-refractivity contribution in [1.82, 2.24) is 0 Å². The van der Waals surface area contributed by atoms with E-state index in [2.05, 4.69) is 18.6 Å². The van der Waals surface area contributed by atoms with Gasteiger partial charge in [0.1, 0.15) is 5.82 Å². The number of benzene rings is 2. The second-order valence-corrected chi connectivity index (χ2v) is 7.15. The minimum absolute atomic E-state index is 0.0448. The second kappa shape index (κ2) is 6.48. The van der Waals surface area contributed by atoms with Crippen molar-refractivity contribution >= 4 is 15.7 Å². The summed E-state index contributed by atoms with van der Waals surface area (Å²) in [6.45, 7) is 5.91. The Balaban J connectivity index is 2.26. The number of hydrogen-bond donors (Lipinski definition) is 1. The Labute approximate surface area is 131 Å². The van der Waals surface area contributed by atoms with Gasteiger partial charge in [0.2, 0.25) is 0 Å². The number of rotatable bonds is 5. The van der Waals surface area contributed by atoms with Crippen LogP contribution in [0.1, 0.15) is 37.3 Å². The first-order chi connectivity index (χ1) is 10.3. The van der Waals surface area contributed by atoms with Crippen LogP contribution in [-0.2, 0) is 10.0 Å². The van der Waals surface area contributed by atoms with Crippen molar-refractivity contribution in [2.75, 3.05) is 4.72 Å². The third kappa shape index (κ3) is 3.65. The molecule has 0 aliphatic rings. The maximum Gasteiger partial charge on any atom is 0.261 e. The van der Waals surface area contributed by atoms with E-state index in [4.69, 9.17) is 0 Å². The summed E-state index contributed by atoms with van der Waals surface area (Å²) in [5.74, 6) is -0.209. The van der Waals surface area contributed by atoms with Crippen LogP contribution in [0.4, 0.5) is 10.1 Å². The molecule has 1 N–H and O–H groups in total. The van der Waals surface area contributed by atoms with E-state index in [1.807, 2.05) is 0 Å². The minimum Gasteiger partial charge on any atom is -0.277 e. The third-order valence-electron chi connectivity index (χ3n) is 3.74. The molecular weight excluding hydrogens is 301 g/mol. The summed E-state index contributed by atoms with van der Waals surface area (Å²) in [5, 5.41) is 0. The van der Waals surface area contributed by atoms with Crippen molar-refractivity contribution < 1.29 is 12.8 Å². The molecular formula is C17H20FNO2S. The van der Waals surface area contributed by atoms with E-state index >= 15 is 0 Å². The van der Waals surface area contributed by atoms with Gasteiger partial charge in [-0.25, -0.2) is 12.8 Å². The molecule has 0 spiro atoms. The lowest BCUT2D eigenvalue weighted by atomic mass is 9.99. The maximum absolute atomic E-state index is 13.8. The van der Waals surface area contributed by atoms with E-state index in [-0.39, 0.29) is 10.6 Å². The van der Waals surface area contributed by atoms with Crippen molar-refractivity contribution in [3.05, 3.63) is 59.4 Å². The molecule has 118 valence electrons. The number of hydrogen-bond acceptors (Lipinski definition) is 2. The summed E-state index contributed by atoms with van der Waals surface area (Å²) in [6, 6.07) is 11.1.